The van der Waals surface area contributed by atoms with Gasteiger partial charge in [-0.15, -0.1) is 0 Å². The number of hydrogen-bond acceptors (Lipinski definition) is 4. The molecule has 2 aromatic heterocycles. The molecular weight excluding hydrogens is 367 g/mol. The molecule has 0 fully saturated rings. The zero-order valence-corrected chi connectivity index (χ0v) is 15.3. The van der Waals surface area contributed by atoms with Crippen LogP contribution < -0.4 is 5.43 Å². The van der Waals surface area contributed by atoms with Crippen molar-refractivity contribution in [1.29, 1.82) is 0 Å². The number of aromatic amines is 1. The Balaban J connectivity index is 1.75. The topological polar surface area (TPSA) is 58.8 Å². The zero-order chi connectivity index (χ0) is 17.1. The smallest absolute Gasteiger partial charge is 0.214 e. The summed E-state index contributed by atoms with van der Waals surface area (Å²) >= 11 is 17.4. The van der Waals surface area contributed by atoms with E-state index in [1.165, 1.54) is 0 Å². The van der Waals surface area contributed by atoms with Crippen LogP contribution in [-0.4, -0.2) is 14.9 Å². The van der Waals surface area contributed by atoms with Crippen molar-refractivity contribution in [2.24, 2.45) is 0 Å². The van der Waals surface area contributed by atoms with Crippen molar-refractivity contribution in [3.8, 4) is 11.3 Å². The van der Waals surface area contributed by atoms with Gasteiger partial charge in [0.15, 0.2) is 5.82 Å². The summed E-state index contributed by atoms with van der Waals surface area (Å²) in [5.74, 6) is 2.33. The number of aromatic nitrogens is 3. The summed E-state index contributed by atoms with van der Waals surface area (Å²) in [6.07, 6.45) is 1.82. The maximum Gasteiger partial charge on any atom is 0.214 e. The lowest BCUT2D eigenvalue weighted by molar-refractivity contribution is 0.520. The van der Waals surface area contributed by atoms with Gasteiger partial charge >= 0.3 is 0 Å². The zero-order valence-electron chi connectivity index (χ0n) is 13.0. The molecule has 126 valence electrons. The summed E-state index contributed by atoms with van der Waals surface area (Å²) in [7, 11) is 0. The molecule has 0 radical (unpaired) electrons. The Bertz CT molecular complexity index is 900. The van der Waals surface area contributed by atoms with E-state index in [1.807, 2.05) is 18.2 Å². The third-order valence-electron chi connectivity index (χ3n) is 3.49. The highest BCUT2D eigenvalue weighted by molar-refractivity contribution is 7.71. The number of benzene rings is 1. The van der Waals surface area contributed by atoms with Crippen LogP contribution in [0.2, 0.25) is 10.0 Å². The van der Waals surface area contributed by atoms with E-state index in [4.69, 9.17) is 39.8 Å². The first-order valence-electron chi connectivity index (χ1n) is 7.52. The van der Waals surface area contributed by atoms with Crippen LogP contribution in [0.5, 0.6) is 0 Å². The van der Waals surface area contributed by atoms with Crippen molar-refractivity contribution >= 4 is 35.4 Å². The Morgan fingerprint density at radius 3 is 2.88 bits per heavy atom. The summed E-state index contributed by atoms with van der Waals surface area (Å²) in [6, 6.07) is 9.10. The minimum Gasteiger partial charge on any atom is -0.459 e. The first-order chi connectivity index (χ1) is 11.6. The number of halogens is 2. The predicted octanol–water partition coefficient (Wildman–Crippen LogP) is 5.20. The van der Waals surface area contributed by atoms with Crippen LogP contribution in [0.4, 0.5) is 0 Å². The second kappa shape index (κ2) is 7.42. The third kappa shape index (κ3) is 3.66. The largest absolute Gasteiger partial charge is 0.459 e. The number of furan rings is 1. The number of nitrogens with zero attached hydrogens (tertiary/aromatic N) is 2. The van der Waals surface area contributed by atoms with Gasteiger partial charge in [0.2, 0.25) is 4.77 Å². The van der Waals surface area contributed by atoms with E-state index in [2.05, 4.69) is 22.5 Å². The van der Waals surface area contributed by atoms with E-state index < -0.39 is 0 Å². The number of H-pyrrole nitrogens is 1. The van der Waals surface area contributed by atoms with E-state index in [-0.39, 0.29) is 0 Å². The third-order valence-corrected chi connectivity index (χ3v) is 4.31. The van der Waals surface area contributed by atoms with E-state index in [9.17, 15) is 0 Å². The maximum atomic E-state index is 6.22. The van der Waals surface area contributed by atoms with Gasteiger partial charge in [0.25, 0.3) is 0 Å². The second-order valence-corrected chi connectivity index (χ2v) is 6.49. The van der Waals surface area contributed by atoms with Gasteiger partial charge in [0.1, 0.15) is 11.5 Å². The monoisotopic (exact) mass is 382 g/mol. The van der Waals surface area contributed by atoms with Gasteiger partial charge < -0.3 is 9.84 Å². The molecule has 8 heteroatoms. The van der Waals surface area contributed by atoms with Gasteiger partial charge in [-0.2, -0.15) is 5.10 Å². The Kier molecular flexibility index (Phi) is 5.28. The molecule has 0 bridgehead atoms. The van der Waals surface area contributed by atoms with E-state index in [0.717, 1.165) is 30.0 Å². The normalized spacial score (nSPS) is 11.0. The standard InChI is InChI=1S/C16H16Cl2N4OS/c1-2-3-15-20-21-16(24)22(15)19-9-11-5-7-14(23-11)12-6-4-10(17)8-13(12)18/h4-8,19H,2-3,9H2,1H3,(H,21,24). The van der Waals surface area contributed by atoms with E-state index in [1.54, 1.807) is 16.8 Å². The molecule has 0 saturated carbocycles. The SMILES string of the molecule is CCCc1n[nH]c(=S)n1NCc1ccc(-c2ccc(Cl)cc2Cl)o1. The predicted molar refractivity (Wildman–Crippen MR) is 98.6 cm³/mol. The number of aryl methyl sites for hydroxylation is 1. The van der Waals surface area contributed by atoms with Gasteiger partial charge in [-0.25, -0.2) is 4.68 Å². The van der Waals surface area contributed by atoms with Crippen LogP contribution in [0.1, 0.15) is 24.9 Å². The molecular formula is C16H16Cl2N4OS. The Labute approximate surface area is 154 Å². The molecule has 0 aliphatic rings. The summed E-state index contributed by atoms with van der Waals surface area (Å²) in [6.45, 7) is 2.58. The molecule has 1 aromatic carbocycles. The van der Waals surface area contributed by atoms with Gasteiger partial charge in [0, 0.05) is 17.0 Å². The average Bonchev–Trinajstić information content (AvgIpc) is 3.13. The molecule has 0 aliphatic heterocycles. The van der Waals surface area contributed by atoms with Crippen LogP contribution in [-0.2, 0) is 13.0 Å². The Morgan fingerprint density at radius 2 is 2.12 bits per heavy atom. The fourth-order valence-corrected chi connectivity index (χ4v) is 3.07. The maximum absolute atomic E-state index is 6.22. The van der Waals surface area contributed by atoms with Crippen molar-refractivity contribution in [2.75, 3.05) is 5.43 Å². The van der Waals surface area contributed by atoms with Crippen LogP contribution in [0.3, 0.4) is 0 Å². The van der Waals surface area contributed by atoms with Crippen LogP contribution in [0.25, 0.3) is 11.3 Å². The molecule has 2 N–H and O–H groups in total. The Morgan fingerprint density at radius 1 is 1.29 bits per heavy atom. The molecule has 24 heavy (non-hydrogen) atoms. The highest BCUT2D eigenvalue weighted by Crippen LogP contribution is 2.31. The molecule has 0 aliphatic carbocycles. The molecule has 0 atom stereocenters. The quantitative estimate of drug-likeness (QED) is 0.574. The first kappa shape index (κ1) is 17.1. The lowest BCUT2D eigenvalue weighted by Crippen LogP contribution is -2.17. The lowest BCUT2D eigenvalue weighted by Gasteiger charge is -2.08. The lowest BCUT2D eigenvalue weighted by atomic mass is 10.2. The molecule has 0 amide bonds. The molecule has 0 unspecified atom stereocenters. The van der Waals surface area contributed by atoms with Gasteiger partial charge in [0.05, 0.1) is 11.6 Å². The second-order valence-electron chi connectivity index (χ2n) is 5.26. The highest BCUT2D eigenvalue weighted by Gasteiger charge is 2.10. The first-order valence-corrected chi connectivity index (χ1v) is 8.69. The van der Waals surface area contributed by atoms with Gasteiger partial charge in [-0.05, 0) is 49.0 Å². The van der Waals surface area contributed by atoms with Gasteiger partial charge in [-0.3, -0.25) is 5.10 Å². The summed E-state index contributed by atoms with van der Waals surface area (Å²) < 4.78 is 8.17. The molecule has 3 aromatic rings. The average molecular weight is 383 g/mol. The van der Waals surface area contributed by atoms with Crippen molar-refractivity contribution < 1.29 is 4.42 Å². The minimum atomic E-state index is 0.482. The highest BCUT2D eigenvalue weighted by atomic mass is 35.5. The Hall–Kier alpha value is -1.76. The van der Waals surface area contributed by atoms with Crippen molar-refractivity contribution in [3.05, 3.63) is 56.7 Å². The minimum absolute atomic E-state index is 0.482. The van der Waals surface area contributed by atoms with E-state index in [0.29, 0.717) is 27.1 Å². The van der Waals surface area contributed by atoms with Gasteiger partial charge in [-0.1, -0.05) is 30.1 Å². The van der Waals surface area contributed by atoms with Crippen LogP contribution in [0.15, 0.2) is 34.7 Å². The molecule has 2 heterocycles. The fraction of sp³-hybridized carbons (Fsp3) is 0.250. The molecule has 3 rings (SSSR count). The molecule has 5 nitrogen and oxygen atoms in total. The molecule has 0 saturated heterocycles. The number of rotatable bonds is 6. The molecule has 0 spiro atoms. The summed E-state index contributed by atoms with van der Waals surface area (Å²) in [4.78, 5) is 0. The fourth-order valence-electron chi connectivity index (χ4n) is 2.35. The van der Waals surface area contributed by atoms with Crippen molar-refractivity contribution in [1.82, 2.24) is 14.9 Å². The summed E-state index contributed by atoms with van der Waals surface area (Å²) in [5.41, 5.74) is 4.03. The van der Waals surface area contributed by atoms with Crippen molar-refractivity contribution in [3.63, 3.8) is 0 Å². The summed E-state index contributed by atoms with van der Waals surface area (Å²) in [5, 5.41) is 8.15. The van der Waals surface area contributed by atoms with Crippen LogP contribution >= 0.6 is 35.4 Å². The van der Waals surface area contributed by atoms with E-state index >= 15 is 0 Å². The number of hydrogen-bond donors (Lipinski definition) is 2. The number of nitrogens with one attached hydrogen (secondary N) is 2. The van der Waals surface area contributed by atoms with Crippen molar-refractivity contribution in [2.45, 2.75) is 26.3 Å². The van der Waals surface area contributed by atoms with Crippen LogP contribution in [0, 0.1) is 4.77 Å².